The molecular weight excluding hydrogens is 242 g/mol. The van der Waals surface area contributed by atoms with E-state index in [1.165, 1.54) is 6.07 Å². The van der Waals surface area contributed by atoms with E-state index >= 15 is 0 Å². The summed E-state index contributed by atoms with van der Waals surface area (Å²) in [4.78, 5) is 11.9. The molecule has 0 saturated carbocycles. The third-order valence-corrected chi connectivity index (χ3v) is 2.81. The van der Waals surface area contributed by atoms with Gasteiger partial charge in [-0.3, -0.25) is 4.79 Å². The molecule has 0 radical (unpaired) electrons. The van der Waals surface area contributed by atoms with Gasteiger partial charge in [0.25, 0.3) is 5.91 Å². The van der Waals surface area contributed by atoms with E-state index in [-0.39, 0.29) is 23.8 Å². The van der Waals surface area contributed by atoms with Crippen molar-refractivity contribution in [1.29, 1.82) is 0 Å². The van der Waals surface area contributed by atoms with Crippen LogP contribution in [-0.2, 0) is 13.2 Å². The average molecular weight is 257 g/mol. The standard InChI is InChI=1S/C15H15NO3/c17-10-12-7-5-11(6-8-12)9-16-15(19)13-3-1-2-4-14(13)18/h1-8,17-18H,9-10H2,(H,16,19). The van der Waals surface area contributed by atoms with Gasteiger partial charge in [-0.1, -0.05) is 36.4 Å². The summed E-state index contributed by atoms with van der Waals surface area (Å²) >= 11 is 0. The van der Waals surface area contributed by atoms with Gasteiger partial charge in [0.15, 0.2) is 0 Å². The maximum absolute atomic E-state index is 11.9. The second-order valence-corrected chi connectivity index (χ2v) is 4.17. The van der Waals surface area contributed by atoms with Gasteiger partial charge >= 0.3 is 0 Å². The summed E-state index contributed by atoms with van der Waals surface area (Å²) in [6, 6.07) is 13.7. The molecule has 0 spiro atoms. The Morgan fingerprint density at radius 1 is 1.00 bits per heavy atom. The molecule has 0 fully saturated rings. The molecule has 4 nitrogen and oxygen atoms in total. The van der Waals surface area contributed by atoms with E-state index in [9.17, 15) is 9.90 Å². The molecule has 0 aliphatic rings. The molecule has 98 valence electrons. The summed E-state index contributed by atoms with van der Waals surface area (Å²) in [7, 11) is 0. The van der Waals surface area contributed by atoms with Crippen LogP contribution in [0.4, 0.5) is 0 Å². The topological polar surface area (TPSA) is 69.6 Å². The van der Waals surface area contributed by atoms with Crippen molar-refractivity contribution in [3.05, 3.63) is 65.2 Å². The van der Waals surface area contributed by atoms with Crippen LogP contribution in [0.2, 0.25) is 0 Å². The van der Waals surface area contributed by atoms with Crippen molar-refractivity contribution >= 4 is 5.91 Å². The number of aliphatic hydroxyl groups is 1. The predicted octanol–water partition coefficient (Wildman–Crippen LogP) is 1.81. The zero-order chi connectivity index (χ0) is 13.7. The molecule has 0 atom stereocenters. The molecule has 1 amide bonds. The normalized spacial score (nSPS) is 10.2. The highest BCUT2D eigenvalue weighted by Crippen LogP contribution is 2.15. The van der Waals surface area contributed by atoms with E-state index in [1.54, 1.807) is 18.2 Å². The van der Waals surface area contributed by atoms with Crippen LogP contribution in [0.3, 0.4) is 0 Å². The number of nitrogens with one attached hydrogen (secondary N) is 1. The number of aliphatic hydroxyl groups excluding tert-OH is 1. The Morgan fingerprint density at radius 2 is 1.63 bits per heavy atom. The van der Waals surface area contributed by atoms with E-state index in [0.717, 1.165) is 11.1 Å². The predicted molar refractivity (Wildman–Crippen MR) is 71.6 cm³/mol. The molecule has 0 heterocycles. The van der Waals surface area contributed by atoms with Gasteiger partial charge in [0.2, 0.25) is 0 Å². The van der Waals surface area contributed by atoms with Crippen LogP contribution >= 0.6 is 0 Å². The molecule has 2 rings (SSSR count). The van der Waals surface area contributed by atoms with Gasteiger partial charge in [-0.05, 0) is 23.3 Å². The molecule has 0 aromatic heterocycles. The number of carbonyl (C=O) groups excluding carboxylic acids is 1. The van der Waals surface area contributed by atoms with E-state index in [0.29, 0.717) is 6.54 Å². The number of hydrogen-bond acceptors (Lipinski definition) is 3. The van der Waals surface area contributed by atoms with Crippen LogP contribution in [0.1, 0.15) is 21.5 Å². The highest BCUT2D eigenvalue weighted by molar-refractivity contribution is 5.96. The SMILES string of the molecule is O=C(NCc1ccc(CO)cc1)c1ccccc1O. The van der Waals surface area contributed by atoms with Crippen LogP contribution in [0.5, 0.6) is 5.75 Å². The highest BCUT2D eigenvalue weighted by Gasteiger charge is 2.09. The second-order valence-electron chi connectivity index (χ2n) is 4.17. The number of carbonyl (C=O) groups is 1. The summed E-state index contributed by atoms with van der Waals surface area (Å²) in [5.74, 6) is -0.347. The van der Waals surface area contributed by atoms with Crippen molar-refractivity contribution in [3.8, 4) is 5.75 Å². The van der Waals surface area contributed by atoms with E-state index in [2.05, 4.69) is 5.32 Å². The summed E-state index contributed by atoms with van der Waals surface area (Å²) in [5, 5.41) is 21.2. The third kappa shape index (κ3) is 3.33. The number of para-hydroxylation sites is 1. The molecule has 3 N–H and O–H groups in total. The number of amides is 1. The van der Waals surface area contributed by atoms with Crippen molar-refractivity contribution < 1.29 is 15.0 Å². The Hall–Kier alpha value is -2.33. The van der Waals surface area contributed by atoms with Gasteiger partial charge in [-0.15, -0.1) is 0 Å². The lowest BCUT2D eigenvalue weighted by molar-refractivity contribution is 0.0948. The zero-order valence-corrected chi connectivity index (χ0v) is 10.3. The van der Waals surface area contributed by atoms with Crippen molar-refractivity contribution in [1.82, 2.24) is 5.32 Å². The molecule has 2 aromatic rings. The third-order valence-electron chi connectivity index (χ3n) is 2.81. The van der Waals surface area contributed by atoms with Crippen LogP contribution in [0.25, 0.3) is 0 Å². The number of phenolic OH excluding ortho intramolecular Hbond substituents is 1. The fraction of sp³-hybridized carbons (Fsp3) is 0.133. The Kier molecular flexibility index (Phi) is 4.15. The number of aromatic hydroxyl groups is 1. The lowest BCUT2D eigenvalue weighted by Gasteiger charge is -2.07. The number of benzene rings is 2. The first-order chi connectivity index (χ1) is 9.20. The molecule has 0 saturated heterocycles. The Labute approximate surface area is 111 Å². The molecular formula is C15H15NO3. The maximum atomic E-state index is 11.9. The molecule has 2 aromatic carbocycles. The largest absolute Gasteiger partial charge is 0.507 e. The van der Waals surface area contributed by atoms with Crippen molar-refractivity contribution in [2.75, 3.05) is 0 Å². The first-order valence-corrected chi connectivity index (χ1v) is 5.95. The van der Waals surface area contributed by atoms with E-state index < -0.39 is 0 Å². The van der Waals surface area contributed by atoms with Gasteiger partial charge in [-0.2, -0.15) is 0 Å². The minimum atomic E-state index is -0.315. The fourth-order valence-corrected chi connectivity index (χ4v) is 1.71. The first kappa shape index (κ1) is 13.1. The number of hydrogen-bond donors (Lipinski definition) is 3. The molecule has 0 unspecified atom stereocenters. The summed E-state index contributed by atoms with van der Waals surface area (Å²) in [5.41, 5.74) is 2.02. The van der Waals surface area contributed by atoms with E-state index in [4.69, 9.17) is 5.11 Å². The van der Waals surface area contributed by atoms with Crippen LogP contribution in [0, 0.1) is 0 Å². The zero-order valence-electron chi connectivity index (χ0n) is 10.3. The summed E-state index contributed by atoms with van der Waals surface area (Å²) in [6.07, 6.45) is 0. The molecule has 0 bridgehead atoms. The van der Waals surface area contributed by atoms with Crippen molar-refractivity contribution in [3.63, 3.8) is 0 Å². The Morgan fingerprint density at radius 3 is 2.26 bits per heavy atom. The van der Waals surface area contributed by atoms with Crippen molar-refractivity contribution in [2.45, 2.75) is 13.2 Å². The molecule has 0 aliphatic heterocycles. The number of rotatable bonds is 4. The van der Waals surface area contributed by atoms with Crippen molar-refractivity contribution in [2.24, 2.45) is 0 Å². The quantitative estimate of drug-likeness (QED) is 0.782. The highest BCUT2D eigenvalue weighted by atomic mass is 16.3. The average Bonchev–Trinajstić information content (AvgIpc) is 2.46. The fourth-order valence-electron chi connectivity index (χ4n) is 1.71. The first-order valence-electron chi connectivity index (χ1n) is 5.95. The summed E-state index contributed by atoms with van der Waals surface area (Å²) < 4.78 is 0. The minimum absolute atomic E-state index is 0.00449. The van der Waals surface area contributed by atoms with Crippen LogP contribution < -0.4 is 5.32 Å². The Bertz CT molecular complexity index is 564. The van der Waals surface area contributed by atoms with E-state index in [1.807, 2.05) is 24.3 Å². The van der Waals surface area contributed by atoms with Gasteiger partial charge < -0.3 is 15.5 Å². The van der Waals surface area contributed by atoms with Gasteiger partial charge in [0.05, 0.1) is 12.2 Å². The molecule has 4 heteroatoms. The monoisotopic (exact) mass is 257 g/mol. The van der Waals surface area contributed by atoms with Gasteiger partial charge in [0, 0.05) is 6.54 Å². The molecule has 0 aliphatic carbocycles. The maximum Gasteiger partial charge on any atom is 0.255 e. The smallest absolute Gasteiger partial charge is 0.255 e. The van der Waals surface area contributed by atoms with Gasteiger partial charge in [-0.25, -0.2) is 0 Å². The van der Waals surface area contributed by atoms with Gasteiger partial charge in [0.1, 0.15) is 5.75 Å². The van der Waals surface area contributed by atoms with Crippen LogP contribution in [-0.4, -0.2) is 16.1 Å². The summed E-state index contributed by atoms with van der Waals surface area (Å²) in [6.45, 7) is 0.378. The lowest BCUT2D eigenvalue weighted by Crippen LogP contribution is -2.22. The second kappa shape index (κ2) is 6.02. The minimum Gasteiger partial charge on any atom is -0.507 e. The lowest BCUT2D eigenvalue weighted by atomic mass is 10.1. The molecule has 19 heavy (non-hydrogen) atoms. The number of phenols is 1. The Balaban J connectivity index is 1.98. The van der Waals surface area contributed by atoms with Crippen LogP contribution in [0.15, 0.2) is 48.5 Å².